The van der Waals surface area contributed by atoms with Crippen molar-refractivity contribution in [2.45, 2.75) is 58.5 Å². The molecule has 122 valence electrons. The van der Waals surface area contributed by atoms with Crippen molar-refractivity contribution in [1.82, 2.24) is 10.2 Å². The largest absolute Gasteiger partial charge is 0.449 e. The fourth-order valence-electron chi connectivity index (χ4n) is 2.57. The zero-order valence-corrected chi connectivity index (χ0v) is 14.8. The minimum absolute atomic E-state index is 0.0890. The number of alkyl carbamates (subject to hydrolysis) is 1. The van der Waals surface area contributed by atoms with E-state index in [0.717, 1.165) is 12.8 Å². The molecule has 1 saturated carbocycles. The summed E-state index contributed by atoms with van der Waals surface area (Å²) in [5.74, 6) is 0.405. The van der Waals surface area contributed by atoms with Crippen molar-refractivity contribution in [2.75, 3.05) is 18.5 Å². The van der Waals surface area contributed by atoms with Crippen molar-refractivity contribution in [3.63, 3.8) is 0 Å². The highest BCUT2D eigenvalue weighted by atomic mass is 79.9. The summed E-state index contributed by atoms with van der Waals surface area (Å²) in [5, 5.41) is 3.13. The van der Waals surface area contributed by atoms with E-state index in [-0.39, 0.29) is 11.9 Å². The highest BCUT2D eigenvalue weighted by Crippen LogP contribution is 2.24. The molecule has 0 aliphatic heterocycles. The second kappa shape index (κ2) is 9.28. The minimum atomic E-state index is -0.408. The fraction of sp³-hybridized carbons (Fsp3) is 0.867. The van der Waals surface area contributed by atoms with Crippen LogP contribution in [0.5, 0.6) is 0 Å². The maximum atomic E-state index is 12.1. The molecule has 0 aromatic rings. The molecular formula is C15H27BrN2O3. The second-order valence-corrected chi connectivity index (χ2v) is 6.72. The van der Waals surface area contributed by atoms with E-state index in [9.17, 15) is 9.59 Å². The van der Waals surface area contributed by atoms with Crippen molar-refractivity contribution in [2.24, 2.45) is 5.92 Å². The molecule has 1 rings (SSSR count). The van der Waals surface area contributed by atoms with Gasteiger partial charge in [0.05, 0.1) is 11.9 Å². The van der Waals surface area contributed by atoms with E-state index in [1.807, 2.05) is 25.7 Å². The molecule has 0 radical (unpaired) electrons. The SMILES string of the molecule is CC(C)COC(=O)NC(C)CN(C(=O)CBr)C1CCCC1. The molecule has 0 heterocycles. The summed E-state index contributed by atoms with van der Waals surface area (Å²) in [5.41, 5.74) is 0. The van der Waals surface area contributed by atoms with E-state index in [1.165, 1.54) is 12.8 Å². The number of nitrogens with zero attached hydrogens (tertiary/aromatic N) is 1. The number of rotatable bonds is 7. The van der Waals surface area contributed by atoms with E-state index in [0.29, 0.717) is 30.4 Å². The average molecular weight is 363 g/mol. The quantitative estimate of drug-likeness (QED) is 0.708. The summed E-state index contributed by atoms with van der Waals surface area (Å²) in [4.78, 5) is 25.6. The first-order valence-electron chi connectivity index (χ1n) is 7.72. The third-order valence-electron chi connectivity index (χ3n) is 3.58. The second-order valence-electron chi connectivity index (χ2n) is 6.16. The van der Waals surface area contributed by atoms with Crippen LogP contribution >= 0.6 is 15.9 Å². The van der Waals surface area contributed by atoms with Crippen LogP contribution in [0.2, 0.25) is 0 Å². The molecule has 1 aliphatic rings. The zero-order chi connectivity index (χ0) is 15.8. The van der Waals surface area contributed by atoms with Gasteiger partial charge in [0.15, 0.2) is 0 Å². The lowest BCUT2D eigenvalue weighted by atomic mass is 10.2. The Bertz CT molecular complexity index is 344. The molecular weight excluding hydrogens is 336 g/mol. The van der Waals surface area contributed by atoms with E-state index in [1.54, 1.807) is 0 Å². The van der Waals surface area contributed by atoms with Crippen LogP contribution in [0.4, 0.5) is 4.79 Å². The van der Waals surface area contributed by atoms with Crippen molar-refractivity contribution in [1.29, 1.82) is 0 Å². The molecule has 1 aliphatic carbocycles. The van der Waals surface area contributed by atoms with Crippen molar-refractivity contribution < 1.29 is 14.3 Å². The summed E-state index contributed by atoms with van der Waals surface area (Å²) in [6, 6.07) is 0.194. The van der Waals surface area contributed by atoms with Gasteiger partial charge in [-0.25, -0.2) is 4.79 Å². The molecule has 5 nitrogen and oxygen atoms in total. The molecule has 2 amide bonds. The molecule has 1 N–H and O–H groups in total. The highest BCUT2D eigenvalue weighted by molar-refractivity contribution is 9.09. The fourth-order valence-corrected chi connectivity index (χ4v) is 2.90. The number of carbonyl (C=O) groups excluding carboxylic acids is 2. The highest BCUT2D eigenvalue weighted by Gasteiger charge is 2.27. The van der Waals surface area contributed by atoms with Gasteiger partial charge in [-0.2, -0.15) is 0 Å². The Morgan fingerprint density at radius 2 is 1.90 bits per heavy atom. The predicted octanol–water partition coefficient (Wildman–Crippen LogP) is 2.92. The molecule has 0 saturated heterocycles. The van der Waals surface area contributed by atoms with Gasteiger partial charge in [0.1, 0.15) is 0 Å². The summed E-state index contributed by atoms with van der Waals surface area (Å²) in [6.45, 7) is 6.83. The molecule has 0 aromatic carbocycles. The van der Waals surface area contributed by atoms with E-state index in [2.05, 4.69) is 21.2 Å². The maximum absolute atomic E-state index is 12.1. The monoisotopic (exact) mass is 362 g/mol. The number of hydrogen-bond donors (Lipinski definition) is 1. The van der Waals surface area contributed by atoms with Gasteiger partial charge in [-0.3, -0.25) is 4.79 Å². The molecule has 0 spiro atoms. The Labute approximate surface area is 135 Å². The van der Waals surface area contributed by atoms with Crippen molar-refractivity contribution >= 4 is 27.9 Å². The Kier molecular flexibility index (Phi) is 8.07. The van der Waals surface area contributed by atoms with Crippen LogP contribution in [0.3, 0.4) is 0 Å². The van der Waals surface area contributed by atoms with Crippen LogP contribution in [0, 0.1) is 5.92 Å². The summed E-state index contributed by atoms with van der Waals surface area (Å²) in [6.07, 6.45) is 4.06. The Morgan fingerprint density at radius 1 is 1.29 bits per heavy atom. The topological polar surface area (TPSA) is 58.6 Å². The van der Waals surface area contributed by atoms with Gasteiger partial charge in [0.25, 0.3) is 0 Å². The van der Waals surface area contributed by atoms with E-state index >= 15 is 0 Å². The Hall–Kier alpha value is -0.780. The molecule has 1 unspecified atom stereocenters. The number of ether oxygens (including phenoxy) is 1. The molecule has 6 heteroatoms. The standard InChI is InChI=1S/C15H27BrN2O3/c1-11(2)10-21-15(20)17-12(3)9-18(14(19)8-16)13-6-4-5-7-13/h11-13H,4-10H2,1-3H3,(H,17,20). The molecule has 0 aromatic heterocycles. The van der Waals surface area contributed by atoms with Gasteiger partial charge in [-0.15, -0.1) is 0 Å². The van der Waals surface area contributed by atoms with Gasteiger partial charge < -0.3 is 15.0 Å². The summed E-state index contributed by atoms with van der Waals surface area (Å²) >= 11 is 3.24. The average Bonchev–Trinajstić information content (AvgIpc) is 2.95. The maximum Gasteiger partial charge on any atom is 0.407 e. The van der Waals surface area contributed by atoms with Crippen LogP contribution in [-0.2, 0) is 9.53 Å². The Balaban J connectivity index is 2.45. The third-order valence-corrected chi connectivity index (χ3v) is 4.06. The van der Waals surface area contributed by atoms with Crippen molar-refractivity contribution in [3.8, 4) is 0 Å². The van der Waals surface area contributed by atoms with Crippen LogP contribution in [0.15, 0.2) is 0 Å². The lowest BCUT2D eigenvalue weighted by Gasteiger charge is -2.31. The predicted molar refractivity (Wildman–Crippen MR) is 86.5 cm³/mol. The van der Waals surface area contributed by atoms with Crippen LogP contribution in [0.1, 0.15) is 46.5 Å². The van der Waals surface area contributed by atoms with Gasteiger partial charge in [0.2, 0.25) is 5.91 Å². The van der Waals surface area contributed by atoms with Crippen LogP contribution < -0.4 is 5.32 Å². The normalized spacial score (nSPS) is 16.8. The number of alkyl halides is 1. The van der Waals surface area contributed by atoms with Gasteiger partial charge >= 0.3 is 6.09 Å². The smallest absolute Gasteiger partial charge is 0.407 e. The summed E-state index contributed by atoms with van der Waals surface area (Å²) in [7, 11) is 0. The Morgan fingerprint density at radius 3 is 2.43 bits per heavy atom. The number of halogens is 1. The minimum Gasteiger partial charge on any atom is -0.449 e. The number of hydrogen-bond acceptors (Lipinski definition) is 3. The number of carbonyl (C=O) groups is 2. The molecule has 1 atom stereocenters. The van der Waals surface area contributed by atoms with Gasteiger partial charge in [-0.1, -0.05) is 42.6 Å². The first kappa shape index (κ1) is 18.3. The van der Waals surface area contributed by atoms with Gasteiger partial charge in [-0.05, 0) is 25.7 Å². The molecule has 0 bridgehead atoms. The first-order valence-corrected chi connectivity index (χ1v) is 8.85. The third kappa shape index (κ3) is 6.68. The zero-order valence-electron chi connectivity index (χ0n) is 13.2. The van der Waals surface area contributed by atoms with Crippen molar-refractivity contribution in [3.05, 3.63) is 0 Å². The number of nitrogens with one attached hydrogen (secondary N) is 1. The summed E-state index contributed by atoms with van der Waals surface area (Å²) < 4.78 is 5.11. The lowest BCUT2D eigenvalue weighted by Crippen LogP contribution is -2.48. The van der Waals surface area contributed by atoms with E-state index < -0.39 is 6.09 Å². The molecule has 1 fully saturated rings. The van der Waals surface area contributed by atoms with E-state index in [4.69, 9.17) is 4.74 Å². The first-order chi connectivity index (χ1) is 9.93. The van der Waals surface area contributed by atoms with Gasteiger partial charge in [0, 0.05) is 18.6 Å². The van der Waals surface area contributed by atoms with Crippen LogP contribution in [0.25, 0.3) is 0 Å². The lowest BCUT2D eigenvalue weighted by molar-refractivity contribution is -0.130. The van der Waals surface area contributed by atoms with Crippen LogP contribution in [-0.4, -0.2) is 47.5 Å². The number of amides is 2. The molecule has 21 heavy (non-hydrogen) atoms.